The maximum Gasteiger partial charge on any atom is 0.223 e. The molecule has 19 heavy (non-hydrogen) atoms. The first-order chi connectivity index (χ1) is 8.95. The van der Waals surface area contributed by atoms with E-state index in [9.17, 15) is 0 Å². The van der Waals surface area contributed by atoms with Gasteiger partial charge < -0.3 is 10.1 Å². The number of nitrogens with one attached hydrogen (secondary N) is 1. The van der Waals surface area contributed by atoms with Crippen LogP contribution in [0.2, 0.25) is 0 Å². The van der Waals surface area contributed by atoms with Gasteiger partial charge in [0.05, 0.1) is 19.5 Å². The van der Waals surface area contributed by atoms with Crippen molar-refractivity contribution in [3.63, 3.8) is 0 Å². The summed E-state index contributed by atoms with van der Waals surface area (Å²) in [5, 5.41) is 3.58. The molecule has 1 aromatic rings. The van der Waals surface area contributed by atoms with Crippen molar-refractivity contribution in [3.8, 4) is 5.75 Å². The second-order valence-electron chi connectivity index (χ2n) is 6.94. The number of ether oxygens (including phenoxy) is 1. The zero-order valence-corrected chi connectivity index (χ0v) is 12.2. The van der Waals surface area contributed by atoms with Crippen LogP contribution in [0, 0.1) is 16.7 Å². The van der Waals surface area contributed by atoms with Gasteiger partial charge in [0.15, 0.2) is 5.75 Å². The van der Waals surface area contributed by atoms with Crippen LogP contribution >= 0.6 is 0 Å². The van der Waals surface area contributed by atoms with Crippen LogP contribution < -0.4 is 10.1 Å². The lowest BCUT2D eigenvalue weighted by Gasteiger charge is -2.43. The van der Waals surface area contributed by atoms with Crippen LogP contribution in [-0.2, 0) is 0 Å². The molecule has 2 fully saturated rings. The lowest BCUT2D eigenvalue weighted by molar-refractivity contribution is 0.155. The van der Waals surface area contributed by atoms with Crippen LogP contribution in [0.4, 0.5) is 5.95 Å². The van der Waals surface area contributed by atoms with Crippen molar-refractivity contribution in [2.24, 2.45) is 16.7 Å². The molecule has 1 N–H and O–H groups in total. The van der Waals surface area contributed by atoms with Gasteiger partial charge in [0.1, 0.15) is 0 Å². The number of hydrogen-bond donors (Lipinski definition) is 1. The molecule has 3 rings (SSSR count). The summed E-state index contributed by atoms with van der Waals surface area (Å²) in [6.45, 7) is 7.16. The molecule has 0 aliphatic heterocycles. The van der Waals surface area contributed by atoms with E-state index in [-0.39, 0.29) is 0 Å². The van der Waals surface area contributed by atoms with Crippen LogP contribution in [0.25, 0.3) is 0 Å². The fourth-order valence-electron chi connectivity index (χ4n) is 4.29. The molecule has 2 saturated carbocycles. The predicted molar refractivity (Wildman–Crippen MR) is 75.2 cm³/mol. The van der Waals surface area contributed by atoms with E-state index in [1.165, 1.54) is 19.3 Å². The van der Waals surface area contributed by atoms with Crippen LogP contribution in [0.5, 0.6) is 5.75 Å². The molecule has 0 radical (unpaired) electrons. The van der Waals surface area contributed by atoms with E-state index < -0.39 is 0 Å². The maximum atomic E-state index is 5.10. The van der Waals surface area contributed by atoms with Gasteiger partial charge >= 0.3 is 0 Å². The van der Waals surface area contributed by atoms with Gasteiger partial charge in [-0.1, -0.05) is 20.8 Å². The minimum absolute atomic E-state index is 0.316. The number of hydrogen-bond acceptors (Lipinski definition) is 4. The number of fused-ring (bicyclic) bond motifs is 2. The molecule has 0 spiro atoms. The third-order valence-corrected chi connectivity index (χ3v) is 5.41. The summed E-state index contributed by atoms with van der Waals surface area (Å²) in [5.74, 6) is 2.24. The van der Waals surface area contributed by atoms with Crippen molar-refractivity contribution in [3.05, 3.63) is 12.4 Å². The quantitative estimate of drug-likeness (QED) is 0.908. The van der Waals surface area contributed by atoms with Crippen molar-refractivity contribution in [2.45, 2.75) is 46.1 Å². The molecule has 4 nitrogen and oxygen atoms in total. The van der Waals surface area contributed by atoms with Gasteiger partial charge in [-0.05, 0) is 36.0 Å². The Morgan fingerprint density at radius 1 is 1.26 bits per heavy atom. The Morgan fingerprint density at radius 3 is 2.47 bits per heavy atom. The number of anilines is 1. The number of methoxy groups -OCH3 is 1. The summed E-state index contributed by atoms with van der Waals surface area (Å²) < 4.78 is 5.10. The smallest absolute Gasteiger partial charge is 0.223 e. The Kier molecular flexibility index (Phi) is 2.73. The Balaban J connectivity index is 1.82. The Labute approximate surface area is 115 Å². The van der Waals surface area contributed by atoms with E-state index in [1.54, 1.807) is 19.5 Å². The first-order valence-corrected chi connectivity index (χ1v) is 7.08. The average molecular weight is 261 g/mol. The van der Waals surface area contributed by atoms with E-state index >= 15 is 0 Å². The van der Waals surface area contributed by atoms with E-state index in [1.807, 2.05) is 0 Å². The number of aromatic nitrogens is 2. The minimum atomic E-state index is 0.316. The Hall–Kier alpha value is -1.32. The molecule has 0 aromatic carbocycles. The predicted octanol–water partition coefficient (Wildman–Crippen LogP) is 3.11. The van der Waals surface area contributed by atoms with E-state index in [0.717, 1.165) is 5.92 Å². The highest BCUT2D eigenvalue weighted by atomic mass is 16.5. The fraction of sp³-hybridized carbons (Fsp3) is 0.733. The SMILES string of the molecule is COc1cnc(NC2C3(C)CCC(C3)C2(C)C)nc1. The molecular weight excluding hydrogens is 238 g/mol. The first-order valence-electron chi connectivity index (χ1n) is 7.08. The molecule has 1 heterocycles. The molecule has 0 saturated heterocycles. The van der Waals surface area contributed by atoms with Gasteiger partial charge in [0, 0.05) is 6.04 Å². The summed E-state index contributed by atoms with van der Waals surface area (Å²) in [6.07, 6.45) is 7.45. The normalized spacial score (nSPS) is 35.4. The lowest BCUT2D eigenvalue weighted by Crippen LogP contribution is -2.46. The topological polar surface area (TPSA) is 47.0 Å². The minimum Gasteiger partial charge on any atom is -0.494 e. The van der Waals surface area contributed by atoms with E-state index in [2.05, 4.69) is 36.1 Å². The average Bonchev–Trinajstić information content (AvgIpc) is 2.87. The highest BCUT2D eigenvalue weighted by Gasteiger charge is 2.59. The van der Waals surface area contributed by atoms with Gasteiger partial charge in [-0.3, -0.25) is 0 Å². The second-order valence-corrected chi connectivity index (χ2v) is 6.94. The largest absolute Gasteiger partial charge is 0.494 e. The third-order valence-electron chi connectivity index (χ3n) is 5.41. The molecule has 2 bridgehead atoms. The van der Waals surface area contributed by atoms with Crippen molar-refractivity contribution in [1.82, 2.24) is 9.97 Å². The molecule has 0 amide bonds. The molecule has 1 aromatic heterocycles. The molecule has 2 aliphatic carbocycles. The van der Waals surface area contributed by atoms with Crippen molar-refractivity contribution in [2.75, 3.05) is 12.4 Å². The number of rotatable bonds is 3. The van der Waals surface area contributed by atoms with Crippen LogP contribution in [0.15, 0.2) is 12.4 Å². The zero-order valence-electron chi connectivity index (χ0n) is 12.2. The van der Waals surface area contributed by atoms with Crippen LogP contribution in [0.3, 0.4) is 0 Å². The van der Waals surface area contributed by atoms with E-state index in [4.69, 9.17) is 4.74 Å². The van der Waals surface area contributed by atoms with Gasteiger partial charge in [-0.15, -0.1) is 0 Å². The van der Waals surface area contributed by atoms with Crippen LogP contribution in [-0.4, -0.2) is 23.1 Å². The lowest BCUT2D eigenvalue weighted by atomic mass is 9.68. The van der Waals surface area contributed by atoms with E-state index in [0.29, 0.717) is 28.6 Å². The summed E-state index contributed by atoms with van der Waals surface area (Å²) in [7, 11) is 1.63. The summed E-state index contributed by atoms with van der Waals surface area (Å²) >= 11 is 0. The van der Waals surface area contributed by atoms with Gasteiger partial charge in [0.2, 0.25) is 5.95 Å². The molecular formula is C15H23N3O. The zero-order chi connectivity index (χ0) is 13.7. The van der Waals surface area contributed by atoms with Gasteiger partial charge in [0.25, 0.3) is 0 Å². The number of nitrogens with zero attached hydrogens (tertiary/aromatic N) is 2. The Morgan fingerprint density at radius 2 is 1.95 bits per heavy atom. The second kappa shape index (κ2) is 4.09. The molecule has 4 heteroatoms. The molecule has 3 atom stereocenters. The maximum absolute atomic E-state index is 5.10. The van der Waals surface area contributed by atoms with Crippen LogP contribution in [0.1, 0.15) is 40.0 Å². The standard InChI is InChI=1S/C15H23N3O/c1-14(2)10-5-6-15(3,7-10)12(14)18-13-16-8-11(19-4)9-17-13/h8-10,12H,5-7H2,1-4H3,(H,16,17,18). The van der Waals surface area contributed by atoms with Crippen molar-refractivity contribution in [1.29, 1.82) is 0 Å². The van der Waals surface area contributed by atoms with Gasteiger partial charge in [-0.25, -0.2) is 9.97 Å². The fourth-order valence-corrected chi connectivity index (χ4v) is 4.29. The highest BCUT2D eigenvalue weighted by molar-refractivity contribution is 5.33. The van der Waals surface area contributed by atoms with Crippen molar-refractivity contribution >= 4 is 5.95 Å². The highest BCUT2D eigenvalue weighted by Crippen LogP contribution is 2.62. The third kappa shape index (κ3) is 1.88. The molecule has 104 valence electrons. The summed E-state index contributed by atoms with van der Waals surface area (Å²) in [5.41, 5.74) is 0.702. The summed E-state index contributed by atoms with van der Waals surface area (Å²) in [6, 6.07) is 0.451. The molecule has 2 aliphatic rings. The van der Waals surface area contributed by atoms with Gasteiger partial charge in [-0.2, -0.15) is 0 Å². The Bertz CT molecular complexity index is 466. The molecule has 3 unspecified atom stereocenters. The first kappa shape index (κ1) is 12.7. The van der Waals surface area contributed by atoms with Crippen molar-refractivity contribution < 1.29 is 4.74 Å². The summed E-state index contributed by atoms with van der Waals surface area (Å²) in [4.78, 5) is 8.69. The monoisotopic (exact) mass is 261 g/mol.